The minimum atomic E-state index is -0.358. The monoisotopic (exact) mass is 418 g/mol. The molecule has 3 rings (SSSR count). The third-order valence-corrected chi connectivity index (χ3v) is 4.48. The predicted octanol–water partition coefficient (Wildman–Crippen LogP) is 4.89. The number of para-hydroxylation sites is 3. The minimum Gasteiger partial charge on any atom is -0.457 e. The smallest absolute Gasteiger partial charge is 0.259 e. The first kappa shape index (κ1) is 22.1. The van der Waals surface area contributed by atoms with E-state index in [2.05, 4.69) is 10.6 Å². The molecular weight excluding hydrogens is 392 g/mol. The van der Waals surface area contributed by atoms with Crippen LogP contribution in [0.25, 0.3) is 0 Å². The second-order valence-corrected chi connectivity index (χ2v) is 6.72. The molecule has 2 N–H and O–H groups in total. The number of ether oxygens (including phenoxy) is 2. The van der Waals surface area contributed by atoms with Crippen molar-refractivity contribution in [3.8, 4) is 11.5 Å². The zero-order valence-electron chi connectivity index (χ0n) is 17.5. The van der Waals surface area contributed by atoms with E-state index in [1.807, 2.05) is 37.3 Å². The van der Waals surface area contributed by atoms with Crippen molar-refractivity contribution in [1.82, 2.24) is 5.32 Å². The Bertz CT molecular complexity index is 1010. The predicted molar refractivity (Wildman–Crippen MR) is 121 cm³/mol. The van der Waals surface area contributed by atoms with Crippen LogP contribution < -0.4 is 15.4 Å². The molecule has 0 spiro atoms. The molecule has 0 heterocycles. The van der Waals surface area contributed by atoms with Crippen molar-refractivity contribution in [3.63, 3.8) is 0 Å². The van der Waals surface area contributed by atoms with Crippen molar-refractivity contribution in [2.24, 2.45) is 0 Å². The van der Waals surface area contributed by atoms with Gasteiger partial charge in [0.1, 0.15) is 11.5 Å². The second-order valence-electron chi connectivity index (χ2n) is 6.72. The highest BCUT2D eigenvalue weighted by molar-refractivity contribution is 6.10. The number of hydrogen-bond donors (Lipinski definition) is 2. The molecule has 0 unspecified atom stereocenters. The lowest BCUT2D eigenvalue weighted by atomic mass is 10.1. The number of rotatable bonds is 10. The molecular formula is C25H26N2O4. The average molecular weight is 418 g/mol. The maximum absolute atomic E-state index is 13.0. The van der Waals surface area contributed by atoms with Crippen LogP contribution in [-0.4, -0.2) is 31.6 Å². The van der Waals surface area contributed by atoms with Crippen LogP contribution in [0, 0.1) is 0 Å². The maximum Gasteiger partial charge on any atom is 0.259 e. The number of carbonyl (C=O) groups is 2. The summed E-state index contributed by atoms with van der Waals surface area (Å²) in [5, 5.41) is 5.70. The van der Waals surface area contributed by atoms with Crippen LogP contribution in [0.4, 0.5) is 5.69 Å². The molecule has 160 valence electrons. The molecule has 0 aromatic heterocycles. The molecule has 0 saturated carbocycles. The lowest BCUT2D eigenvalue weighted by Gasteiger charge is -2.14. The van der Waals surface area contributed by atoms with Crippen molar-refractivity contribution >= 4 is 17.5 Å². The Kier molecular flexibility index (Phi) is 8.20. The Labute approximate surface area is 182 Å². The highest BCUT2D eigenvalue weighted by Crippen LogP contribution is 2.26. The normalized spacial score (nSPS) is 10.4. The quantitative estimate of drug-likeness (QED) is 0.460. The van der Waals surface area contributed by atoms with Crippen molar-refractivity contribution in [3.05, 3.63) is 90.0 Å². The molecule has 6 nitrogen and oxygen atoms in total. The van der Waals surface area contributed by atoms with E-state index in [0.717, 1.165) is 6.42 Å². The van der Waals surface area contributed by atoms with Gasteiger partial charge in [0.2, 0.25) is 0 Å². The van der Waals surface area contributed by atoms with Crippen LogP contribution in [0.1, 0.15) is 34.1 Å². The van der Waals surface area contributed by atoms with Crippen LogP contribution in [0.15, 0.2) is 78.9 Å². The first-order valence-corrected chi connectivity index (χ1v) is 10.3. The van der Waals surface area contributed by atoms with Gasteiger partial charge in [-0.3, -0.25) is 9.59 Å². The molecule has 31 heavy (non-hydrogen) atoms. The molecule has 0 radical (unpaired) electrons. The molecule has 3 aromatic carbocycles. The summed E-state index contributed by atoms with van der Waals surface area (Å²) in [4.78, 5) is 25.6. The molecule has 0 bridgehead atoms. The number of hydrogen-bond acceptors (Lipinski definition) is 4. The Morgan fingerprint density at radius 2 is 1.48 bits per heavy atom. The average Bonchev–Trinajstić information content (AvgIpc) is 2.80. The van der Waals surface area contributed by atoms with Gasteiger partial charge in [-0.2, -0.15) is 0 Å². The first-order chi connectivity index (χ1) is 15.2. The standard InChI is InChI=1S/C25H26N2O4/c1-2-30-18-10-17-26-24(28)20-13-6-8-15-22(20)27-25(29)21-14-7-9-16-23(21)31-19-11-4-3-5-12-19/h3-9,11-16H,2,10,17-18H2,1H3,(H,26,28)(H,27,29). The summed E-state index contributed by atoms with van der Waals surface area (Å²) in [6.07, 6.45) is 0.721. The lowest BCUT2D eigenvalue weighted by molar-refractivity contribution is 0.0945. The van der Waals surface area contributed by atoms with Crippen LogP contribution in [0.5, 0.6) is 11.5 Å². The van der Waals surface area contributed by atoms with Gasteiger partial charge in [-0.25, -0.2) is 0 Å². The van der Waals surface area contributed by atoms with Crippen LogP contribution >= 0.6 is 0 Å². The van der Waals surface area contributed by atoms with E-state index in [1.54, 1.807) is 48.5 Å². The minimum absolute atomic E-state index is 0.249. The topological polar surface area (TPSA) is 76.7 Å². The fourth-order valence-electron chi connectivity index (χ4n) is 2.95. The van der Waals surface area contributed by atoms with Crippen molar-refractivity contribution in [2.45, 2.75) is 13.3 Å². The maximum atomic E-state index is 13.0. The third-order valence-electron chi connectivity index (χ3n) is 4.48. The van der Waals surface area contributed by atoms with E-state index < -0.39 is 0 Å². The number of benzene rings is 3. The molecule has 0 fully saturated rings. The number of carbonyl (C=O) groups excluding carboxylic acids is 2. The summed E-state index contributed by atoms with van der Waals surface area (Å²) in [7, 11) is 0. The van der Waals surface area contributed by atoms with Gasteiger partial charge < -0.3 is 20.1 Å². The summed E-state index contributed by atoms with van der Waals surface area (Å²) in [5.74, 6) is 0.461. The van der Waals surface area contributed by atoms with Gasteiger partial charge in [-0.1, -0.05) is 42.5 Å². The zero-order valence-corrected chi connectivity index (χ0v) is 17.5. The SMILES string of the molecule is CCOCCCNC(=O)c1ccccc1NC(=O)c1ccccc1Oc1ccccc1. The van der Waals surface area contributed by atoms with E-state index in [1.165, 1.54) is 0 Å². The molecule has 0 aliphatic heterocycles. The third kappa shape index (κ3) is 6.42. The molecule has 0 aliphatic rings. The van der Waals surface area contributed by atoms with E-state index >= 15 is 0 Å². The summed E-state index contributed by atoms with van der Waals surface area (Å²) < 4.78 is 11.2. The summed E-state index contributed by atoms with van der Waals surface area (Å²) >= 11 is 0. The Morgan fingerprint density at radius 1 is 0.806 bits per heavy atom. The van der Waals surface area contributed by atoms with Crippen LogP contribution in [0.2, 0.25) is 0 Å². The number of amides is 2. The Hall–Kier alpha value is -3.64. The molecule has 3 aromatic rings. The van der Waals surface area contributed by atoms with Gasteiger partial charge >= 0.3 is 0 Å². The van der Waals surface area contributed by atoms with Crippen molar-refractivity contribution < 1.29 is 19.1 Å². The lowest BCUT2D eigenvalue weighted by Crippen LogP contribution is -2.27. The fraction of sp³-hybridized carbons (Fsp3) is 0.200. The van der Waals surface area contributed by atoms with Crippen LogP contribution in [-0.2, 0) is 4.74 Å². The van der Waals surface area contributed by atoms with Gasteiger partial charge in [0.15, 0.2) is 0 Å². The van der Waals surface area contributed by atoms with Crippen molar-refractivity contribution in [2.75, 3.05) is 25.1 Å². The summed E-state index contributed by atoms with van der Waals surface area (Å²) in [5.41, 5.74) is 1.20. The highest BCUT2D eigenvalue weighted by atomic mass is 16.5. The van der Waals surface area contributed by atoms with Gasteiger partial charge in [-0.15, -0.1) is 0 Å². The van der Waals surface area contributed by atoms with Gasteiger partial charge in [0, 0.05) is 19.8 Å². The number of nitrogens with one attached hydrogen (secondary N) is 2. The second kappa shape index (κ2) is 11.5. The highest BCUT2D eigenvalue weighted by Gasteiger charge is 2.17. The summed E-state index contributed by atoms with van der Waals surface area (Å²) in [6, 6.07) is 23.2. The Morgan fingerprint density at radius 3 is 2.26 bits per heavy atom. The Balaban J connectivity index is 1.71. The van der Waals surface area contributed by atoms with Crippen molar-refractivity contribution in [1.29, 1.82) is 0 Å². The van der Waals surface area contributed by atoms with Gasteiger partial charge in [0.05, 0.1) is 16.8 Å². The van der Waals surface area contributed by atoms with E-state index in [9.17, 15) is 9.59 Å². The van der Waals surface area contributed by atoms with Crippen LogP contribution in [0.3, 0.4) is 0 Å². The fourth-order valence-corrected chi connectivity index (χ4v) is 2.95. The first-order valence-electron chi connectivity index (χ1n) is 10.3. The van der Waals surface area contributed by atoms with E-state index in [0.29, 0.717) is 48.1 Å². The zero-order chi connectivity index (χ0) is 21.9. The van der Waals surface area contributed by atoms with Gasteiger partial charge in [-0.05, 0) is 49.7 Å². The largest absolute Gasteiger partial charge is 0.457 e. The molecule has 0 aliphatic carbocycles. The van der Waals surface area contributed by atoms with E-state index in [-0.39, 0.29) is 11.8 Å². The molecule has 6 heteroatoms. The van der Waals surface area contributed by atoms with Gasteiger partial charge in [0.25, 0.3) is 11.8 Å². The number of anilines is 1. The molecule has 0 atom stereocenters. The summed E-state index contributed by atoms with van der Waals surface area (Å²) in [6.45, 7) is 3.67. The molecule has 0 saturated heterocycles. The molecule has 2 amide bonds. The van der Waals surface area contributed by atoms with E-state index in [4.69, 9.17) is 9.47 Å².